The topological polar surface area (TPSA) is 55.2 Å². The molecule has 2 heterocycles. The van der Waals surface area contributed by atoms with Crippen LogP contribution in [0.2, 0.25) is 0 Å². The Morgan fingerprint density at radius 1 is 1.05 bits per heavy atom. The van der Waals surface area contributed by atoms with E-state index in [4.69, 9.17) is 4.74 Å². The number of hydrogen-bond donors (Lipinski definition) is 1. The number of nitrogens with zero attached hydrogens (tertiary/aromatic N) is 2. The minimum absolute atomic E-state index is 0.113. The van der Waals surface area contributed by atoms with Crippen LogP contribution in [0, 0.1) is 0 Å². The number of fused-ring (bicyclic) bond motifs is 1. The predicted octanol–water partition coefficient (Wildman–Crippen LogP) is 3.01. The van der Waals surface area contributed by atoms with Crippen LogP contribution in [-0.4, -0.2) is 22.2 Å². The standard InChI is InChI=1S/C15H12N2O2/c1-19-15-9-13-10(8-14(15)18)5-6-12(17-13)11-4-2-3-7-16-11/h2-9,18H,1H3. The van der Waals surface area contributed by atoms with E-state index in [0.717, 1.165) is 22.3 Å². The van der Waals surface area contributed by atoms with Crippen LogP contribution in [0.3, 0.4) is 0 Å². The molecule has 0 saturated carbocycles. The van der Waals surface area contributed by atoms with Crippen molar-refractivity contribution in [2.75, 3.05) is 7.11 Å². The first-order chi connectivity index (χ1) is 9.28. The van der Waals surface area contributed by atoms with Crippen LogP contribution in [0.5, 0.6) is 11.5 Å². The number of methoxy groups -OCH3 is 1. The summed E-state index contributed by atoms with van der Waals surface area (Å²) in [5.41, 5.74) is 2.37. The second-order valence-electron chi connectivity index (χ2n) is 4.13. The molecule has 19 heavy (non-hydrogen) atoms. The fraction of sp³-hybridized carbons (Fsp3) is 0.0667. The molecule has 0 unspecified atom stereocenters. The number of phenols is 1. The zero-order valence-corrected chi connectivity index (χ0v) is 10.4. The number of aromatic hydroxyl groups is 1. The molecule has 0 spiro atoms. The van der Waals surface area contributed by atoms with Crippen LogP contribution in [0.15, 0.2) is 48.7 Å². The lowest BCUT2D eigenvalue weighted by Gasteiger charge is -2.06. The number of rotatable bonds is 2. The van der Waals surface area contributed by atoms with Gasteiger partial charge in [0, 0.05) is 17.6 Å². The summed E-state index contributed by atoms with van der Waals surface area (Å²) in [6, 6.07) is 12.9. The first kappa shape index (κ1) is 11.5. The number of aromatic nitrogens is 2. The van der Waals surface area contributed by atoms with E-state index in [1.165, 1.54) is 7.11 Å². The van der Waals surface area contributed by atoms with Crippen molar-refractivity contribution < 1.29 is 9.84 Å². The smallest absolute Gasteiger partial charge is 0.162 e. The van der Waals surface area contributed by atoms with Crippen molar-refractivity contribution in [3.8, 4) is 22.9 Å². The first-order valence-electron chi connectivity index (χ1n) is 5.87. The fourth-order valence-corrected chi connectivity index (χ4v) is 1.96. The minimum atomic E-state index is 0.113. The van der Waals surface area contributed by atoms with Crippen molar-refractivity contribution in [3.63, 3.8) is 0 Å². The van der Waals surface area contributed by atoms with Crippen LogP contribution in [0.25, 0.3) is 22.3 Å². The van der Waals surface area contributed by atoms with E-state index in [1.807, 2.05) is 30.3 Å². The third-order valence-electron chi connectivity index (χ3n) is 2.92. The molecule has 0 aliphatic rings. The van der Waals surface area contributed by atoms with Gasteiger partial charge in [0.15, 0.2) is 11.5 Å². The average Bonchev–Trinajstić information content (AvgIpc) is 2.47. The van der Waals surface area contributed by atoms with Gasteiger partial charge in [-0.3, -0.25) is 4.98 Å². The highest BCUT2D eigenvalue weighted by molar-refractivity contribution is 5.84. The minimum Gasteiger partial charge on any atom is -0.504 e. The largest absolute Gasteiger partial charge is 0.504 e. The van der Waals surface area contributed by atoms with Crippen molar-refractivity contribution in [1.82, 2.24) is 9.97 Å². The van der Waals surface area contributed by atoms with Crippen molar-refractivity contribution in [1.29, 1.82) is 0 Å². The maximum absolute atomic E-state index is 9.73. The summed E-state index contributed by atoms with van der Waals surface area (Å²) in [5, 5.41) is 10.6. The Balaban J connectivity index is 2.18. The molecule has 0 aliphatic heterocycles. The quantitative estimate of drug-likeness (QED) is 0.761. The van der Waals surface area contributed by atoms with Gasteiger partial charge >= 0.3 is 0 Å². The van der Waals surface area contributed by atoms with E-state index < -0.39 is 0 Å². The van der Waals surface area contributed by atoms with E-state index >= 15 is 0 Å². The number of phenolic OH excluding ortho intramolecular Hbond substituents is 1. The monoisotopic (exact) mass is 252 g/mol. The molecule has 0 radical (unpaired) electrons. The molecule has 0 atom stereocenters. The lowest BCUT2D eigenvalue weighted by atomic mass is 10.1. The highest BCUT2D eigenvalue weighted by Gasteiger charge is 2.07. The van der Waals surface area contributed by atoms with E-state index in [2.05, 4.69) is 9.97 Å². The molecule has 0 aliphatic carbocycles. The Kier molecular flexibility index (Phi) is 2.76. The number of pyridine rings is 2. The molecule has 4 nitrogen and oxygen atoms in total. The molecule has 2 aromatic heterocycles. The zero-order valence-electron chi connectivity index (χ0n) is 10.4. The molecule has 0 amide bonds. The summed E-state index contributed by atoms with van der Waals surface area (Å²) in [4.78, 5) is 8.81. The Morgan fingerprint density at radius 2 is 1.95 bits per heavy atom. The van der Waals surface area contributed by atoms with Crippen LogP contribution >= 0.6 is 0 Å². The molecule has 3 aromatic rings. The third kappa shape index (κ3) is 2.08. The van der Waals surface area contributed by atoms with Gasteiger partial charge in [-0.25, -0.2) is 4.98 Å². The van der Waals surface area contributed by atoms with Crippen molar-refractivity contribution in [3.05, 3.63) is 48.7 Å². The molecular weight excluding hydrogens is 240 g/mol. The van der Waals surface area contributed by atoms with Gasteiger partial charge in [0.1, 0.15) is 0 Å². The molecule has 0 bridgehead atoms. The lowest BCUT2D eigenvalue weighted by molar-refractivity contribution is 0.374. The van der Waals surface area contributed by atoms with Gasteiger partial charge in [-0.15, -0.1) is 0 Å². The number of ether oxygens (including phenoxy) is 1. The molecule has 1 N–H and O–H groups in total. The molecule has 1 aromatic carbocycles. The van der Waals surface area contributed by atoms with E-state index in [9.17, 15) is 5.11 Å². The van der Waals surface area contributed by atoms with Gasteiger partial charge < -0.3 is 9.84 Å². The zero-order chi connectivity index (χ0) is 13.2. The van der Waals surface area contributed by atoms with Crippen LogP contribution < -0.4 is 4.74 Å². The van der Waals surface area contributed by atoms with E-state index in [-0.39, 0.29) is 5.75 Å². The van der Waals surface area contributed by atoms with E-state index in [1.54, 1.807) is 18.3 Å². The van der Waals surface area contributed by atoms with Crippen LogP contribution in [-0.2, 0) is 0 Å². The SMILES string of the molecule is COc1cc2nc(-c3ccccn3)ccc2cc1O. The average molecular weight is 252 g/mol. The summed E-state index contributed by atoms with van der Waals surface area (Å²) in [6.07, 6.45) is 1.73. The number of hydrogen-bond acceptors (Lipinski definition) is 4. The molecular formula is C15H12N2O2. The van der Waals surface area contributed by atoms with Crippen molar-refractivity contribution in [2.45, 2.75) is 0 Å². The van der Waals surface area contributed by atoms with Crippen LogP contribution in [0.4, 0.5) is 0 Å². The second-order valence-corrected chi connectivity index (χ2v) is 4.13. The van der Waals surface area contributed by atoms with Crippen LogP contribution in [0.1, 0.15) is 0 Å². The van der Waals surface area contributed by atoms with Crippen molar-refractivity contribution in [2.24, 2.45) is 0 Å². The second kappa shape index (κ2) is 4.57. The van der Waals surface area contributed by atoms with Gasteiger partial charge in [0.2, 0.25) is 0 Å². The fourth-order valence-electron chi connectivity index (χ4n) is 1.96. The molecule has 0 fully saturated rings. The molecule has 0 saturated heterocycles. The summed E-state index contributed by atoms with van der Waals surface area (Å²) in [5.74, 6) is 0.528. The summed E-state index contributed by atoms with van der Waals surface area (Å²) < 4.78 is 5.09. The Morgan fingerprint density at radius 3 is 2.68 bits per heavy atom. The molecule has 3 rings (SSSR count). The Labute approximate surface area is 110 Å². The summed E-state index contributed by atoms with van der Waals surface area (Å²) in [7, 11) is 1.52. The van der Waals surface area contributed by atoms with Gasteiger partial charge in [0.05, 0.1) is 24.0 Å². The normalized spacial score (nSPS) is 10.6. The highest BCUT2D eigenvalue weighted by atomic mass is 16.5. The van der Waals surface area contributed by atoms with Gasteiger partial charge in [-0.05, 0) is 24.3 Å². The van der Waals surface area contributed by atoms with Gasteiger partial charge in [-0.2, -0.15) is 0 Å². The lowest BCUT2D eigenvalue weighted by Crippen LogP contribution is -1.89. The summed E-state index contributed by atoms with van der Waals surface area (Å²) in [6.45, 7) is 0. The van der Waals surface area contributed by atoms with Gasteiger partial charge in [-0.1, -0.05) is 12.1 Å². The maximum Gasteiger partial charge on any atom is 0.162 e. The Hall–Kier alpha value is -2.62. The molecule has 94 valence electrons. The third-order valence-corrected chi connectivity index (χ3v) is 2.92. The number of benzene rings is 1. The van der Waals surface area contributed by atoms with E-state index in [0.29, 0.717) is 5.75 Å². The molecule has 4 heteroatoms. The Bertz CT molecular complexity index is 727. The summed E-state index contributed by atoms with van der Waals surface area (Å²) >= 11 is 0. The maximum atomic E-state index is 9.73. The predicted molar refractivity (Wildman–Crippen MR) is 73.2 cm³/mol. The highest BCUT2D eigenvalue weighted by Crippen LogP contribution is 2.31. The van der Waals surface area contributed by atoms with Crippen molar-refractivity contribution >= 4 is 10.9 Å². The van der Waals surface area contributed by atoms with Gasteiger partial charge in [0.25, 0.3) is 0 Å². The first-order valence-corrected chi connectivity index (χ1v) is 5.87.